The van der Waals surface area contributed by atoms with Crippen molar-refractivity contribution >= 4 is 11.7 Å². The SMILES string of the molecule is CNC(=O)c1cccnc1NC1CCOC2(CCCC2)C1. The van der Waals surface area contributed by atoms with Gasteiger partial charge in [0, 0.05) is 25.9 Å². The van der Waals surface area contributed by atoms with E-state index in [0.717, 1.165) is 32.3 Å². The van der Waals surface area contributed by atoms with Crippen LogP contribution >= 0.6 is 0 Å². The Bertz CT molecular complexity index is 512. The van der Waals surface area contributed by atoms with Crippen molar-refractivity contribution in [3.63, 3.8) is 0 Å². The molecule has 2 heterocycles. The van der Waals surface area contributed by atoms with Crippen molar-refractivity contribution in [1.82, 2.24) is 10.3 Å². The molecule has 3 rings (SSSR count). The molecule has 1 aliphatic carbocycles. The van der Waals surface area contributed by atoms with Gasteiger partial charge in [0.05, 0.1) is 11.2 Å². The molecule has 2 N–H and O–H groups in total. The molecule has 1 amide bonds. The third-order valence-electron chi connectivity index (χ3n) is 4.63. The minimum Gasteiger partial charge on any atom is -0.375 e. The van der Waals surface area contributed by atoms with E-state index in [9.17, 15) is 4.79 Å². The Morgan fingerprint density at radius 1 is 1.43 bits per heavy atom. The van der Waals surface area contributed by atoms with Gasteiger partial charge in [-0.1, -0.05) is 12.8 Å². The zero-order valence-electron chi connectivity index (χ0n) is 12.5. The number of anilines is 1. The molecule has 5 heteroatoms. The van der Waals surface area contributed by atoms with Crippen LogP contribution in [0.5, 0.6) is 0 Å². The highest BCUT2D eigenvalue weighted by Gasteiger charge is 2.40. The number of aromatic nitrogens is 1. The lowest BCUT2D eigenvalue weighted by Crippen LogP contribution is -2.42. The lowest BCUT2D eigenvalue weighted by molar-refractivity contribution is -0.0767. The molecular weight excluding hydrogens is 266 g/mol. The molecule has 1 atom stereocenters. The molecule has 1 aromatic heterocycles. The van der Waals surface area contributed by atoms with E-state index in [1.54, 1.807) is 25.4 Å². The van der Waals surface area contributed by atoms with Gasteiger partial charge in [-0.05, 0) is 37.8 Å². The second-order valence-corrected chi connectivity index (χ2v) is 6.05. The maximum absolute atomic E-state index is 11.9. The van der Waals surface area contributed by atoms with Gasteiger partial charge < -0.3 is 15.4 Å². The van der Waals surface area contributed by atoms with Crippen molar-refractivity contribution in [1.29, 1.82) is 0 Å². The highest BCUT2D eigenvalue weighted by molar-refractivity contribution is 5.98. The highest BCUT2D eigenvalue weighted by atomic mass is 16.5. The van der Waals surface area contributed by atoms with Crippen LogP contribution in [0.4, 0.5) is 5.82 Å². The van der Waals surface area contributed by atoms with E-state index in [1.165, 1.54) is 12.8 Å². The largest absolute Gasteiger partial charge is 0.375 e. The summed E-state index contributed by atoms with van der Waals surface area (Å²) in [6, 6.07) is 3.92. The van der Waals surface area contributed by atoms with Gasteiger partial charge in [0.25, 0.3) is 5.91 Å². The Hall–Kier alpha value is -1.62. The van der Waals surface area contributed by atoms with E-state index in [1.807, 2.05) is 0 Å². The van der Waals surface area contributed by atoms with Crippen LogP contribution in [0.25, 0.3) is 0 Å². The summed E-state index contributed by atoms with van der Waals surface area (Å²) < 4.78 is 6.05. The van der Waals surface area contributed by atoms with E-state index < -0.39 is 0 Å². The number of amides is 1. The number of hydrogen-bond donors (Lipinski definition) is 2. The summed E-state index contributed by atoms with van der Waals surface area (Å²) >= 11 is 0. The molecule has 21 heavy (non-hydrogen) atoms. The number of ether oxygens (including phenoxy) is 1. The van der Waals surface area contributed by atoms with E-state index in [4.69, 9.17) is 4.74 Å². The predicted octanol–water partition coefficient (Wildman–Crippen LogP) is 2.34. The topological polar surface area (TPSA) is 63.2 Å². The normalized spacial score (nSPS) is 24.0. The molecule has 1 saturated carbocycles. The number of pyridine rings is 1. The minimum atomic E-state index is -0.103. The second-order valence-electron chi connectivity index (χ2n) is 6.05. The van der Waals surface area contributed by atoms with Gasteiger partial charge in [-0.2, -0.15) is 0 Å². The number of nitrogens with zero attached hydrogens (tertiary/aromatic N) is 1. The van der Waals surface area contributed by atoms with Crippen molar-refractivity contribution in [3.8, 4) is 0 Å². The van der Waals surface area contributed by atoms with Gasteiger partial charge in [0.15, 0.2) is 0 Å². The summed E-state index contributed by atoms with van der Waals surface area (Å²) in [5, 5.41) is 6.13. The van der Waals surface area contributed by atoms with Crippen LogP contribution in [0.15, 0.2) is 18.3 Å². The van der Waals surface area contributed by atoms with Crippen molar-refractivity contribution in [2.75, 3.05) is 19.0 Å². The third kappa shape index (κ3) is 3.02. The summed E-state index contributed by atoms with van der Waals surface area (Å²) in [5.41, 5.74) is 0.671. The molecule has 0 aromatic carbocycles. The van der Waals surface area contributed by atoms with Crippen LogP contribution < -0.4 is 10.6 Å². The Kier molecular flexibility index (Phi) is 4.10. The van der Waals surface area contributed by atoms with Crippen LogP contribution in [0.3, 0.4) is 0 Å². The fraction of sp³-hybridized carbons (Fsp3) is 0.625. The molecule has 114 valence electrons. The van der Waals surface area contributed by atoms with Crippen molar-refractivity contribution in [2.24, 2.45) is 0 Å². The van der Waals surface area contributed by atoms with Crippen LogP contribution in [0.2, 0.25) is 0 Å². The fourth-order valence-electron chi connectivity index (χ4n) is 3.55. The molecule has 0 bridgehead atoms. The van der Waals surface area contributed by atoms with Crippen LogP contribution in [0, 0.1) is 0 Å². The lowest BCUT2D eigenvalue weighted by atomic mass is 9.89. The summed E-state index contributed by atoms with van der Waals surface area (Å²) in [6.07, 6.45) is 8.55. The van der Waals surface area contributed by atoms with Crippen LogP contribution in [-0.2, 0) is 4.74 Å². The van der Waals surface area contributed by atoms with E-state index in [2.05, 4.69) is 15.6 Å². The number of rotatable bonds is 3. The summed E-state index contributed by atoms with van der Waals surface area (Å²) in [4.78, 5) is 16.3. The zero-order valence-corrected chi connectivity index (χ0v) is 12.5. The van der Waals surface area contributed by atoms with Crippen molar-refractivity contribution < 1.29 is 9.53 Å². The molecule has 2 fully saturated rings. The zero-order chi connectivity index (χ0) is 14.7. The summed E-state index contributed by atoms with van der Waals surface area (Å²) in [7, 11) is 1.64. The number of carbonyl (C=O) groups is 1. The van der Waals surface area contributed by atoms with Gasteiger partial charge in [0.1, 0.15) is 5.82 Å². The Morgan fingerprint density at radius 2 is 2.24 bits per heavy atom. The first-order chi connectivity index (χ1) is 10.2. The number of carbonyl (C=O) groups excluding carboxylic acids is 1. The van der Waals surface area contributed by atoms with Gasteiger partial charge in [0.2, 0.25) is 0 Å². The standard InChI is InChI=1S/C16H23N3O2/c1-17-15(20)13-5-4-9-18-14(13)19-12-6-10-21-16(11-12)7-2-3-8-16/h4-5,9,12H,2-3,6-8,10-11H2,1H3,(H,17,20)(H,18,19). The highest BCUT2D eigenvalue weighted by Crippen LogP contribution is 2.40. The average molecular weight is 289 g/mol. The smallest absolute Gasteiger partial charge is 0.254 e. The Morgan fingerprint density at radius 3 is 3.00 bits per heavy atom. The first-order valence-corrected chi connectivity index (χ1v) is 7.80. The molecule has 5 nitrogen and oxygen atoms in total. The van der Waals surface area contributed by atoms with Gasteiger partial charge >= 0.3 is 0 Å². The molecular formula is C16H23N3O2. The van der Waals surface area contributed by atoms with Crippen molar-refractivity contribution in [3.05, 3.63) is 23.9 Å². The van der Waals surface area contributed by atoms with Crippen LogP contribution in [0.1, 0.15) is 48.9 Å². The van der Waals surface area contributed by atoms with Gasteiger partial charge in [-0.25, -0.2) is 4.98 Å². The molecule has 1 saturated heterocycles. The Balaban J connectivity index is 1.73. The third-order valence-corrected chi connectivity index (χ3v) is 4.63. The fourth-order valence-corrected chi connectivity index (χ4v) is 3.55. The molecule has 1 aliphatic heterocycles. The van der Waals surface area contributed by atoms with Crippen molar-refractivity contribution in [2.45, 2.75) is 50.2 Å². The molecule has 1 unspecified atom stereocenters. The monoisotopic (exact) mass is 289 g/mol. The molecule has 2 aliphatic rings. The number of nitrogens with one attached hydrogen (secondary N) is 2. The summed E-state index contributed by atoms with van der Waals surface area (Å²) in [5.74, 6) is 0.574. The summed E-state index contributed by atoms with van der Waals surface area (Å²) in [6.45, 7) is 0.791. The lowest BCUT2D eigenvalue weighted by Gasteiger charge is -2.38. The maximum Gasteiger partial charge on any atom is 0.254 e. The predicted molar refractivity (Wildman–Crippen MR) is 81.4 cm³/mol. The first kappa shape index (κ1) is 14.3. The van der Waals surface area contributed by atoms with Crippen LogP contribution in [-0.4, -0.2) is 36.2 Å². The average Bonchev–Trinajstić information content (AvgIpc) is 2.95. The van der Waals surface area contributed by atoms with E-state index in [0.29, 0.717) is 17.4 Å². The molecule has 1 aromatic rings. The molecule has 0 radical (unpaired) electrons. The minimum absolute atomic E-state index is 0.0673. The van der Waals surface area contributed by atoms with Gasteiger partial charge in [-0.15, -0.1) is 0 Å². The van der Waals surface area contributed by atoms with E-state index >= 15 is 0 Å². The van der Waals surface area contributed by atoms with E-state index in [-0.39, 0.29) is 11.5 Å². The second kappa shape index (κ2) is 6.02. The first-order valence-electron chi connectivity index (χ1n) is 7.80. The van der Waals surface area contributed by atoms with Gasteiger partial charge in [-0.3, -0.25) is 4.79 Å². The molecule has 1 spiro atoms. The number of hydrogen-bond acceptors (Lipinski definition) is 4. The quantitative estimate of drug-likeness (QED) is 0.896. The Labute approximate surface area is 125 Å². The maximum atomic E-state index is 11.9.